The molecule has 2 amide bonds. The largest absolute Gasteiger partial charge is 0.390 e. The highest BCUT2D eigenvalue weighted by atomic mass is 16.3. The number of fused-ring (bicyclic) bond motifs is 1. The minimum atomic E-state index is -0.524. The zero-order valence-electron chi connectivity index (χ0n) is 11.6. The number of nitrogens with one attached hydrogen (secondary N) is 2. The van der Waals surface area contributed by atoms with Gasteiger partial charge in [-0.25, -0.2) is 4.79 Å². The Kier molecular flexibility index (Phi) is 3.92. The molecule has 2 atom stereocenters. The van der Waals surface area contributed by atoms with Crippen LogP contribution in [-0.4, -0.2) is 23.3 Å². The fourth-order valence-corrected chi connectivity index (χ4v) is 3.36. The predicted octanol–water partition coefficient (Wildman–Crippen LogP) is 2.28. The normalized spacial score (nSPS) is 26.1. The fraction of sp³-hybridized carbons (Fsp3) is 0.562. The standard InChI is InChI=1S/C16H22N2O2/c19-14-10-11-6-4-5-9-13(11)15(14)18-16(20)17-12-7-2-1-3-8-12/h4-6,9,12,14-15,19H,1-3,7-8,10H2,(H2,17,18,20). The Labute approximate surface area is 119 Å². The first-order valence-corrected chi connectivity index (χ1v) is 7.57. The summed E-state index contributed by atoms with van der Waals surface area (Å²) in [5.41, 5.74) is 2.17. The topological polar surface area (TPSA) is 61.4 Å². The predicted molar refractivity (Wildman–Crippen MR) is 77.4 cm³/mol. The van der Waals surface area contributed by atoms with Crippen molar-refractivity contribution in [3.63, 3.8) is 0 Å². The van der Waals surface area contributed by atoms with E-state index in [0.717, 1.165) is 24.0 Å². The van der Waals surface area contributed by atoms with E-state index in [1.54, 1.807) is 0 Å². The van der Waals surface area contributed by atoms with Crippen molar-refractivity contribution < 1.29 is 9.90 Å². The summed E-state index contributed by atoms with van der Waals surface area (Å²) in [7, 11) is 0. The van der Waals surface area contributed by atoms with Gasteiger partial charge in [0.15, 0.2) is 0 Å². The van der Waals surface area contributed by atoms with Crippen LogP contribution < -0.4 is 10.6 Å². The molecule has 20 heavy (non-hydrogen) atoms. The maximum absolute atomic E-state index is 12.1. The zero-order chi connectivity index (χ0) is 13.9. The van der Waals surface area contributed by atoms with Crippen LogP contribution >= 0.6 is 0 Å². The van der Waals surface area contributed by atoms with Crippen LogP contribution in [0.15, 0.2) is 24.3 Å². The van der Waals surface area contributed by atoms with Gasteiger partial charge >= 0.3 is 6.03 Å². The Bertz CT molecular complexity index is 483. The molecule has 0 saturated heterocycles. The summed E-state index contributed by atoms with van der Waals surface area (Å²) in [5.74, 6) is 0. The molecule has 0 radical (unpaired) electrons. The molecule has 108 valence electrons. The van der Waals surface area contributed by atoms with Gasteiger partial charge in [0.25, 0.3) is 0 Å². The van der Waals surface area contributed by atoms with Gasteiger partial charge in [-0.2, -0.15) is 0 Å². The number of carbonyl (C=O) groups is 1. The maximum atomic E-state index is 12.1. The van der Waals surface area contributed by atoms with E-state index in [0.29, 0.717) is 6.42 Å². The molecule has 1 saturated carbocycles. The molecule has 2 unspecified atom stereocenters. The third kappa shape index (κ3) is 2.80. The quantitative estimate of drug-likeness (QED) is 0.775. The van der Waals surface area contributed by atoms with Gasteiger partial charge in [-0.05, 0) is 24.0 Å². The molecule has 0 heterocycles. The van der Waals surface area contributed by atoms with Gasteiger partial charge in [-0.15, -0.1) is 0 Å². The highest BCUT2D eigenvalue weighted by Gasteiger charge is 2.32. The van der Waals surface area contributed by atoms with Gasteiger partial charge in [-0.3, -0.25) is 0 Å². The van der Waals surface area contributed by atoms with Crippen molar-refractivity contribution in [2.45, 2.75) is 56.7 Å². The average Bonchev–Trinajstić information content (AvgIpc) is 2.76. The summed E-state index contributed by atoms with van der Waals surface area (Å²) < 4.78 is 0. The summed E-state index contributed by atoms with van der Waals surface area (Å²) in [5, 5.41) is 16.1. The van der Waals surface area contributed by atoms with Gasteiger partial charge in [-0.1, -0.05) is 43.5 Å². The van der Waals surface area contributed by atoms with Crippen molar-refractivity contribution in [2.75, 3.05) is 0 Å². The number of hydrogen-bond acceptors (Lipinski definition) is 2. The van der Waals surface area contributed by atoms with Crippen molar-refractivity contribution in [1.82, 2.24) is 10.6 Å². The summed E-state index contributed by atoms with van der Waals surface area (Å²) in [6, 6.07) is 7.77. The van der Waals surface area contributed by atoms with E-state index in [9.17, 15) is 9.90 Å². The minimum absolute atomic E-state index is 0.155. The summed E-state index contributed by atoms with van der Waals surface area (Å²) in [6.07, 6.45) is 5.89. The third-order valence-electron chi connectivity index (χ3n) is 4.43. The molecule has 4 heteroatoms. The van der Waals surface area contributed by atoms with Crippen LogP contribution in [0.25, 0.3) is 0 Å². The molecule has 1 aromatic carbocycles. The number of carbonyl (C=O) groups excluding carboxylic acids is 1. The van der Waals surface area contributed by atoms with E-state index in [1.807, 2.05) is 24.3 Å². The number of aliphatic hydroxyl groups is 1. The minimum Gasteiger partial charge on any atom is -0.390 e. The van der Waals surface area contributed by atoms with Crippen molar-refractivity contribution in [1.29, 1.82) is 0 Å². The van der Waals surface area contributed by atoms with E-state index in [4.69, 9.17) is 0 Å². The smallest absolute Gasteiger partial charge is 0.315 e. The van der Waals surface area contributed by atoms with E-state index < -0.39 is 6.10 Å². The molecule has 4 nitrogen and oxygen atoms in total. The molecule has 0 aromatic heterocycles. The fourth-order valence-electron chi connectivity index (χ4n) is 3.36. The highest BCUT2D eigenvalue weighted by molar-refractivity contribution is 5.75. The molecule has 1 fully saturated rings. The van der Waals surface area contributed by atoms with Gasteiger partial charge in [0.2, 0.25) is 0 Å². The number of hydrogen-bond donors (Lipinski definition) is 3. The van der Waals surface area contributed by atoms with Gasteiger partial charge in [0.1, 0.15) is 0 Å². The monoisotopic (exact) mass is 274 g/mol. The number of amides is 2. The molecule has 3 N–H and O–H groups in total. The average molecular weight is 274 g/mol. The third-order valence-corrected chi connectivity index (χ3v) is 4.43. The van der Waals surface area contributed by atoms with Crippen LogP contribution in [0.3, 0.4) is 0 Å². The molecular formula is C16H22N2O2. The molecule has 0 aliphatic heterocycles. The van der Waals surface area contributed by atoms with Crippen LogP contribution in [0.2, 0.25) is 0 Å². The van der Waals surface area contributed by atoms with Gasteiger partial charge < -0.3 is 15.7 Å². The Morgan fingerprint density at radius 1 is 1.10 bits per heavy atom. The van der Waals surface area contributed by atoms with Gasteiger partial charge in [0.05, 0.1) is 12.1 Å². The number of aliphatic hydroxyl groups excluding tert-OH is 1. The van der Waals surface area contributed by atoms with Crippen LogP contribution in [-0.2, 0) is 6.42 Å². The van der Waals surface area contributed by atoms with E-state index >= 15 is 0 Å². The lowest BCUT2D eigenvalue weighted by Gasteiger charge is -2.25. The van der Waals surface area contributed by atoms with E-state index in [2.05, 4.69) is 10.6 Å². The molecule has 2 aliphatic carbocycles. The number of benzene rings is 1. The second-order valence-corrected chi connectivity index (χ2v) is 5.90. The second-order valence-electron chi connectivity index (χ2n) is 5.90. The lowest BCUT2D eigenvalue weighted by molar-refractivity contribution is 0.141. The maximum Gasteiger partial charge on any atom is 0.315 e. The zero-order valence-corrected chi connectivity index (χ0v) is 11.6. The SMILES string of the molecule is O=C(NC1CCCCC1)NC1c2ccccc2CC1O. The molecule has 2 aliphatic rings. The van der Waals surface area contributed by atoms with Crippen LogP contribution in [0.1, 0.15) is 49.3 Å². The molecule has 0 bridgehead atoms. The molecular weight excluding hydrogens is 252 g/mol. The van der Waals surface area contributed by atoms with Crippen LogP contribution in [0, 0.1) is 0 Å². The van der Waals surface area contributed by atoms with Crippen molar-refractivity contribution in [3.8, 4) is 0 Å². The highest BCUT2D eigenvalue weighted by Crippen LogP contribution is 2.31. The van der Waals surface area contributed by atoms with E-state index in [-0.39, 0.29) is 18.1 Å². The number of rotatable bonds is 2. The Morgan fingerprint density at radius 3 is 2.65 bits per heavy atom. The summed E-state index contributed by atoms with van der Waals surface area (Å²) in [4.78, 5) is 12.1. The first kappa shape index (κ1) is 13.4. The van der Waals surface area contributed by atoms with E-state index in [1.165, 1.54) is 19.3 Å². The lowest BCUT2D eigenvalue weighted by atomic mass is 9.96. The summed E-state index contributed by atoms with van der Waals surface area (Å²) in [6.45, 7) is 0. The Balaban J connectivity index is 1.61. The molecule has 0 spiro atoms. The van der Waals surface area contributed by atoms with Crippen LogP contribution in [0.5, 0.6) is 0 Å². The first-order valence-electron chi connectivity index (χ1n) is 7.57. The molecule has 1 aromatic rings. The Morgan fingerprint density at radius 2 is 1.85 bits per heavy atom. The van der Waals surface area contributed by atoms with Crippen LogP contribution in [0.4, 0.5) is 4.79 Å². The summed E-state index contributed by atoms with van der Waals surface area (Å²) >= 11 is 0. The van der Waals surface area contributed by atoms with Crippen molar-refractivity contribution in [2.24, 2.45) is 0 Å². The first-order chi connectivity index (χ1) is 9.74. The molecule has 3 rings (SSSR count). The van der Waals surface area contributed by atoms with Gasteiger partial charge in [0, 0.05) is 12.5 Å². The van der Waals surface area contributed by atoms with Crippen molar-refractivity contribution in [3.05, 3.63) is 35.4 Å². The number of urea groups is 1. The van der Waals surface area contributed by atoms with Crippen molar-refractivity contribution >= 4 is 6.03 Å². The Hall–Kier alpha value is -1.55. The second kappa shape index (κ2) is 5.83. The lowest BCUT2D eigenvalue weighted by Crippen LogP contribution is -2.45.